The predicted molar refractivity (Wildman–Crippen MR) is 69.4 cm³/mol. The lowest BCUT2D eigenvalue weighted by Crippen LogP contribution is -2.45. The highest BCUT2D eigenvalue weighted by molar-refractivity contribution is 7.94. The lowest BCUT2D eigenvalue weighted by atomic mass is 10.1. The average molecular weight is 302 g/mol. The van der Waals surface area contributed by atoms with Crippen molar-refractivity contribution < 1.29 is 27.9 Å². The quantitative estimate of drug-likeness (QED) is 0.605. The van der Waals surface area contributed by atoms with Crippen molar-refractivity contribution in [3.05, 3.63) is 22.6 Å². The Morgan fingerprint density at radius 3 is 2.25 bits per heavy atom. The van der Waals surface area contributed by atoms with E-state index in [1.165, 1.54) is 19.9 Å². The molecule has 1 aliphatic rings. The molecule has 1 atom stereocenters. The average Bonchev–Trinajstić information content (AvgIpc) is 2.66. The summed E-state index contributed by atoms with van der Waals surface area (Å²) in [6, 6.07) is -1.60. The summed E-state index contributed by atoms with van der Waals surface area (Å²) in [5.41, 5.74) is -0.291. The third-order valence-corrected chi connectivity index (χ3v) is 4.09. The van der Waals surface area contributed by atoms with Crippen molar-refractivity contribution >= 4 is 27.7 Å². The van der Waals surface area contributed by atoms with Gasteiger partial charge in [-0.2, -0.15) is 0 Å². The smallest absolute Gasteiger partial charge is 0.331 e. The summed E-state index contributed by atoms with van der Waals surface area (Å²) in [7, 11) is -3.31. The number of carboxylic acids is 1. The Morgan fingerprint density at radius 1 is 1.20 bits per heavy atom. The zero-order valence-corrected chi connectivity index (χ0v) is 11.7. The van der Waals surface area contributed by atoms with E-state index in [0.29, 0.717) is 0 Å². The molecule has 3 amide bonds. The van der Waals surface area contributed by atoms with Gasteiger partial charge >= 0.3 is 12.0 Å². The number of nitrogens with one attached hydrogen (secondary N) is 2. The number of carbonyl (C=O) groups excluding carboxylic acids is 2. The first-order chi connectivity index (χ1) is 9.12. The molecule has 110 valence electrons. The molecule has 0 saturated heterocycles. The van der Waals surface area contributed by atoms with Crippen LogP contribution in [0.5, 0.6) is 0 Å². The molecule has 1 rings (SSSR count). The molecule has 9 heteroatoms. The van der Waals surface area contributed by atoms with Crippen molar-refractivity contribution in [1.29, 1.82) is 0 Å². The van der Waals surface area contributed by atoms with E-state index >= 15 is 0 Å². The fourth-order valence-corrected chi connectivity index (χ4v) is 2.63. The van der Waals surface area contributed by atoms with E-state index in [2.05, 4.69) is 5.32 Å². The topological polar surface area (TPSA) is 130 Å². The van der Waals surface area contributed by atoms with Gasteiger partial charge < -0.3 is 10.4 Å². The molecule has 1 aliphatic heterocycles. The lowest BCUT2D eigenvalue weighted by molar-refractivity contribution is -0.133. The summed E-state index contributed by atoms with van der Waals surface area (Å²) in [5.74, 6) is -2.38. The third-order valence-electron chi connectivity index (χ3n) is 2.70. The molecule has 0 aliphatic carbocycles. The largest absolute Gasteiger partial charge is 0.478 e. The number of urea groups is 1. The summed E-state index contributed by atoms with van der Waals surface area (Å²) >= 11 is 0. The van der Waals surface area contributed by atoms with Crippen LogP contribution in [0.4, 0.5) is 4.79 Å². The summed E-state index contributed by atoms with van der Waals surface area (Å²) in [6.07, 6.45) is 1.30. The molecule has 3 N–H and O–H groups in total. The molecule has 0 spiro atoms. The van der Waals surface area contributed by atoms with E-state index in [-0.39, 0.29) is 16.9 Å². The van der Waals surface area contributed by atoms with Crippen molar-refractivity contribution in [2.45, 2.75) is 19.9 Å². The molecule has 8 nitrogen and oxygen atoms in total. The zero-order chi connectivity index (χ0) is 15.5. The monoisotopic (exact) mass is 302 g/mol. The van der Waals surface area contributed by atoms with Gasteiger partial charge in [0.05, 0.1) is 11.8 Å². The summed E-state index contributed by atoms with van der Waals surface area (Å²) in [6.45, 7) is 2.51. The Hall–Kier alpha value is -2.16. The lowest BCUT2D eigenvalue weighted by Gasteiger charge is -2.11. The van der Waals surface area contributed by atoms with E-state index in [1.54, 1.807) is 0 Å². The molecule has 0 aromatic carbocycles. The molecular weight excluding hydrogens is 288 g/mol. The normalized spacial score (nSPS) is 21.0. The van der Waals surface area contributed by atoms with Gasteiger partial charge in [0.25, 0.3) is 5.91 Å². The first-order valence-electron chi connectivity index (χ1n) is 5.56. The van der Waals surface area contributed by atoms with Gasteiger partial charge in [0.1, 0.15) is 0 Å². The number of carbonyl (C=O) groups is 3. The number of imide groups is 1. The highest BCUT2D eigenvalue weighted by Crippen LogP contribution is 2.08. The van der Waals surface area contributed by atoms with Crippen LogP contribution in [0.3, 0.4) is 0 Å². The van der Waals surface area contributed by atoms with Crippen LogP contribution in [0.25, 0.3) is 0 Å². The van der Waals surface area contributed by atoms with Crippen LogP contribution in [0.2, 0.25) is 0 Å². The predicted octanol–water partition coefficient (Wildman–Crippen LogP) is -0.456. The van der Waals surface area contributed by atoms with Crippen LogP contribution < -0.4 is 10.6 Å². The number of amides is 3. The van der Waals surface area contributed by atoms with Gasteiger partial charge in [-0.1, -0.05) is 0 Å². The Morgan fingerprint density at radius 2 is 1.80 bits per heavy atom. The van der Waals surface area contributed by atoms with E-state index < -0.39 is 33.8 Å². The van der Waals surface area contributed by atoms with Crippen molar-refractivity contribution in [2.75, 3.05) is 5.75 Å². The maximum absolute atomic E-state index is 11.6. The van der Waals surface area contributed by atoms with Gasteiger partial charge in [0.15, 0.2) is 9.84 Å². The van der Waals surface area contributed by atoms with E-state index in [9.17, 15) is 22.8 Å². The Bertz CT molecular complexity index is 617. The van der Waals surface area contributed by atoms with Crippen LogP contribution in [0.1, 0.15) is 13.8 Å². The maximum atomic E-state index is 11.6. The Labute approximate surface area is 115 Å². The molecule has 1 unspecified atom stereocenters. The van der Waals surface area contributed by atoms with Gasteiger partial charge in [-0.15, -0.1) is 0 Å². The molecule has 0 aromatic rings. The Balaban J connectivity index is 2.60. The van der Waals surface area contributed by atoms with E-state index in [0.717, 1.165) is 5.41 Å². The second-order valence-corrected chi connectivity index (χ2v) is 6.18. The van der Waals surface area contributed by atoms with Crippen LogP contribution in [-0.2, 0) is 19.4 Å². The highest BCUT2D eigenvalue weighted by atomic mass is 32.2. The van der Waals surface area contributed by atoms with Crippen molar-refractivity contribution in [1.82, 2.24) is 10.6 Å². The molecule has 0 radical (unpaired) electrons. The molecule has 0 saturated carbocycles. The first kappa shape index (κ1) is 15.9. The highest BCUT2D eigenvalue weighted by Gasteiger charge is 2.24. The van der Waals surface area contributed by atoms with Gasteiger partial charge in [0, 0.05) is 16.6 Å². The van der Waals surface area contributed by atoms with Gasteiger partial charge in [-0.3, -0.25) is 10.1 Å². The molecule has 0 aromatic heterocycles. The minimum Gasteiger partial charge on any atom is -0.478 e. The molecular formula is C11H14N2O6S. The maximum Gasteiger partial charge on any atom is 0.331 e. The number of sulfone groups is 1. The number of carboxylic acid groups (broad SMARTS) is 1. The first-order valence-corrected chi connectivity index (χ1v) is 7.27. The second kappa shape index (κ2) is 5.87. The van der Waals surface area contributed by atoms with Crippen LogP contribution in [0, 0.1) is 0 Å². The molecule has 20 heavy (non-hydrogen) atoms. The fraction of sp³-hybridized carbons (Fsp3) is 0.364. The van der Waals surface area contributed by atoms with Gasteiger partial charge in [-0.05, 0) is 19.9 Å². The van der Waals surface area contributed by atoms with Crippen molar-refractivity contribution in [3.8, 4) is 0 Å². The number of rotatable bonds is 3. The van der Waals surface area contributed by atoms with Crippen LogP contribution in [0.15, 0.2) is 22.6 Å². The number of aliphatic carboxylic acids is 1. The number of hydrogen-bond donors (Lipinski definition) is 3. The summed E-state index contributed by atoms with van der Waals surface area (Å²) in [5, 5.41) is 13.9. The standard InChI is InChI=1S/C11H14N2O6S/c1-6(7(2)10(15)16)9(14)13-11(17)12-8-3-4-20(18,19)5-8/h3-4,8H,5H2,1-2H3,(H,15,16)(H2,12,13,14,17). The second-order valence-electron chi connectivity index (χ2n) is 4.25. The molecule has 1 heterocycles. The van der Waals surface area contributed by atoms with Crippen molar-refractivity contribution in [3.63, 3.8) is 0 Å². The Kier molecular flexibility index (Phi) is 4.66. The minimum atomic E-state index is -3.31. The van der Waals surface area contributed by atoms with Crippen LogP contribution in [-0.4, -0.2) is 43.2 Å². The van der Waals surface area contributed by atoms with Gasteiger partial charge in [0.2, 0.25) is 0 Å². The summed E-state index contributed by atoms with van der Waals surface area (Å²) < 4.78 is 22.2. The van der Waals surface area contributed by atoms with Gasteiger partial charge in [-0.25, -0.2) is 18.0 Å². The van der Waals surface area contributed by atoms with Crippen molar-refractivity contribution in [2.24, 2.45) is 0 Å². The third kappa shape index (κ3) is 4.19. The summed E-state index contributed by atoms with van der Waals surface area (Å²) in [4.78, 5) is 33.7. The van der Waals surface area contributed by atoms with Crippen LogP contribution >= 0.6 is 0 Å². The fourth-order valence-electron chi connectivity index (χ4n) is 1.40. The van der Waals surface area contributed by atoms with E-state index in [4.69, 9.17) is 5.11 Å². The zero-order valence-electron chi connectivity index (χ0n) is 10.8. The number of hydrogen-bond acceptors (Lipinski definition) is 5. The SMILES string of the molecule is CC(C(=O)O)=C(C)C(=O)NC(=O)NC1C=CS(=O)(=O)C1. The molecule has 0 fully saturated rings. The minimum absolute atomic E-state index is 0.109. The van der Waals surface area contributed by atoms with E-state index in [1.807, 2.05) is 5.32 Å². The molecule has 0 bridgehead atoms.